The van der Waals surface area contributed by atoms with Gasteiger partial charge in [0.2, 0.25) is 0 Å². The van der Waals surface area contributed by atoms with Crippen LogP contribution in [0.15, 0.2) is 36.5 Å². The Bertz CT molecular complexity index is 758. The van der Waals surface area contributed by atoms with E-state index in [9.17, 15) is 0 Å². The van der Waals surface area contributed by atoms with Crippen molar-refractivity contribution in [2.75, 3.05) is 5.73 Å². The molecule has 0 bridgehead atoms. The summed E-state index contributed by atoms with van der Waals surface area (Å²) in [5.41, 5.74) is 12.2. The first kappa shape index (κ1) is 13.6. The van der Waals surface area contributed by atoms with Gasteiger partial charge >= 0.3 is 0 Å². The lowest BCUT2D eigenvalue weighted by molar-refractivity contribution is 0.815. The van der Waals surface area contributed by atoms with Crippen LogP contribution in [-0.2, 0) is 12.8 Å². The van der Waals surface area contributed by atoms with Gasteiger partial charge in [-0.1, -0.05) is 32.0 Å². The van der Waals surface area contributed by atoms with Crippen LogP contribution in [0.5, 0.6) is 0 Å². The Morgan fingerprint density at radius 3 is 2.76 bits per heavy atom. The number of pyridine rings is 1. The number of H-pyrrole nitrogens is 1. The van der Waals surface area contributed by atoms with Crippen molar-refractivity contribution >= 4 is 16.7 Å². The second-order valence-electron chi connectivity index (χ2n) is 5.70. The average Bonchev–Trinajstić information content (AvgIpc) is 2.89. The zero-order valence-electron chi connectivity index (χ0n) is 12.4. The zero-order valence-corrected chi connectivity index (χ0v) is 12.4. The number of rotatable bonds is 4. The minimum absolute atomic E-state index is 0.400. The number of benzene rings is 1. The third kappa shape index (κ3) is 2.75. The lowest BCUT2D eigenvalue weighted by Crippen LogP contribution is -1.97. The van der Waals surface area contributed by atoms with Gasteiger partial charge in [0.15, 0.2) is 0 Å². The molecule has 0 unspecified atom stereocenters. The molecule has 3 aromatic rings. The molecule has 21 heavy (non-hydrogen) atoms. The highest BCUT2D eigenvalue weighted by molar-refractivity contribution is 5.77. The molecule has 0 aliphatic rings. The lowest BCUT2D eigenvalue weighted by Gasteiger charge is -2.05. The van der Waals surface area contributed by atoms with Crippen molar-refractivity contribution in [1.82, 2.24) is 15.2 Å². The van der Waals surface area contributed by atoms with Gasteiger partial charge in [0.1, 0.15) is 11.0 Å². The van der Waals surface area contributed by atoms with Crippen molar-refractivity contribution < 1.29 is 0 Å². The van der Waals surface area contributed by atoms with E-state index >= 15 is 0 Å². The first-order chi connectivity index (χ1) is 10.1. The number of aromatic nitrogens is 3. The van der Waals surface area contributed by atoms with Crippen LogP contribution in [0.3, 0.4) is 0 Å². The summed E-state index contributed by atoms with van der Waals surface area (Å²) in [7, 11) is 0. The number of para-hydroxylation sites is 1. The number of nitrogen functional groups attached to an aromatic ring is 1. The van der Waals surface area contributed by atoms with Crippen molar-refractivity contribution in [2.24, 2.45) is 0 Å². The van der Waals surface area contributed by atoms with E-state index in [0.29, 0.717) is 5.92 Å². The number of nitrogens with two attached hydrogens (primary N) is 1. The van der Waals surface area contributed by atoms with Crippen LogP contribution in [0.1, 0.15) is 36.6 Å². The third-order valence-corrected chi connectivity index (χ3v) is 3.79. The molecule has 0 atom stereocenters. The van der Waals surface area contributed by atoms with Crippen molar-refractivity contribution in [3.05, 3.63) is 53.3 Å². The lowest BCUT2D eigenvalue weighted by atomic mass is 10.0. The quantitative estimate of drug-likeness (QED) is 0.719. The number of nitrogens with zero attached hydrogens (tertiary/aromatic N) is 2. The highest BCUT2D eigenvalue weighted by Gasteiger charge is 2.10. The molecule has 0 radical (unpaired) electrons. The molecule has 3 rings (SSSR count). The Labute approximate surface area is 124 Å². The summed E-state index contributed by atoms with van der Waals surface area (Å²) in [6, 6.07) is 10.1. The second-order valence-corrected chi connectivity index (χ2v) is 5.70. The van der Waals surface area contributed by atoms with Gasteiger partial charge in [0.05, 0.1) is 5.69 Å². The molecule has 0 saturated carbocycles. The zero-order chi connectivity index (χ0) is 14.8. The Hall–Kier alpha value is -2.36. The fraction of sp³-hybridized carbons (Fsp3) is 0.294. The second kappa shape index (κ2) is 5.56. The molecule has 1 aromatic carbocycles. The molecule has 2 aromatic heterocycles. The number of hydrogen-bond acceptors (Lipinski definition) is 3. The highest BCUT2D eigenvalue weighted by Crippen LogP contribution is 2.22. The van der Waals surface area contributed by atoms with E-state index in [-0.39, 0.29) is 0 Å². The SMILES string of the molecule is CC(C)c1[nH]nc2cc(CCc3ccccc3N)cnc12. The fourth-order valence-electron chi connectivity index (χ4n) is 2.54. The summed E-state index contributed by atoms with van der Waals surface area (Å²) < 4.78 is 0. The molecule has 0 spiro atoms. The molecule has 3 N–H and O–H groups in total. The van der Waals surface area contributed by atoms with Crippen LogP contribution in [0.25, 0.3) is 11.0 Å². The van der Waals surface area contributed by atoms with Gasteiger partial charge in [-0.15, -0.1) is 0 Å². The molecule has 0 aliphatic carbocycles. The molecule has 4 nitrogen and oxygen atoms in total. The summed E-state index contributed by atoms with van der Waals surface area (Å²) >= 11 is 0. The van der Waals surface area contributed by atoms with Crippen LogP contribution in [0.4, 0.5) is 5.69 Å². The molecule has 2 heterocycles. The normalized spacial score (nSPS) is 11.4. The maximum atomic E-state index is 5.98. The van der Waals surface area contributed by atoms with E-state index in [2.05, 4.69) is 41.2 Å². The van der Waals surface area contributed by atoms with Gasteiger partial charge in [-0.25, -0.2) is 0 Å². The number of hydrogen-bond donors (Lipinski definition) is 2. The third-order valence-electron chi connectivity index (χ3n) is 3.79. The van der Waals surface area contributed by atoms with Gasteiger partial charge in [-0.3, -0.25) is 10.1 Å². The monoisotopic (exact) mass is 280 g/mol. The standard InChI is InChI=1S/C17H20N4/c1-11(2)16-17-15(20-21-16)9-12(10-19-17)7-8-13-5-3-4-6-14(13)18/h3-6,9-11H,7-8,18H2,1-2H3,(H,20,21). The minimum atomic E-state index is 0.400. The van der Waals surface area contributed by atoms with Gasteiger partial charge < -0.3 is 5.73 Å². The molecular weight excluding hydrogens is 260 g/mol. The molecule has 0 aliphatic heterocycles. The van der Waals surface area contributed by atoms with Crippen LogP contribution in [0, 0.1) is 0 Å². The average molecular weight is 280 g/mol. The molecular formula is C17H20N4. The number of fused-ring (bicyclic) bond motifs is 1. The Morgan fingerprint density at radius 2 is 2.00 bits per heavy atom. The molecule has 108 valence electrons. The van der Waals surface area contributed by atoms with E-state index in [1.165, 1.54) is 11.1 Å². The van der Waals surface area contributed by atoms with Gasteiger partial charge in [0.25, 0.3) is 0 Å². The number of nitrogens with one attached hydrogen (secondary N) is 1. The van der Waals surface area contributed by atoms with Gasteiger partial charge in [-0.2, -0.15) is 5.10 Å². The summed E-state index contributed by atoms with van der Waals surface area (Å²) in [6.45, 7) is 4.28. The molecule has 0 fully saturated rings. The number of anilines is 1. The fourth-order valence-corrected chi connectivity index (χ4v) is 2.54. The largest absolute Gasteiger partial charge is 0.399 e. The van der Waals surface area contributed by atoms with Crippen LogP contribution < -0.4 is 5.73 Å². The van der Waals surface area contributed by atoms with Crippen molar-refractivity contribution in [3.63, 3.8) is 0 Å². The summed E-state index contributed by atoms with van der Waals surface area (Å²) in [5, 5.41) is 7.45. The van der Waals surface area contributed by atoms with E-state index in [1.54, 1.807) is 0 Å². The highest BCUT2D eigenvalue weighted by atomic mass is 15.1. The summed E-state index contributed by atoms with van der Waals surface area (Å²) in [6.07, 6.45) is 3.78. The Kier molecular flexibility index (Phi) is 3.60. The first-order valence-electron chi connectivity index (χ1n) is 7.31. The van der Waals surface area contributed by atoms with Crippen molar-refractivity contribution in [2.45, 2.75) is 32.6 Å². The van der Waals surface area contributed by atoms with Crippen molar-refractivity contribution in [3.8, 4) is 0 Å². The topological polar surface area (TPSA) is 67.6 Å². The van der Waals surface area contributed by atoms with Crippen LogP contribution in [-0.4, -0.2) is 15.2 Å². The smallest absolute Gasteiger partial charge is 0.111 e. The Morgan fingerprint density at radius 1 is 1.19 bits per heavy atom. The molecule has 0 amide bonds. The predicted octanol–water partition coefficient (Wildman–Crippen LogP) is 3.45. The minimum Gasteiger partial charge on any atom is -0.399 e. The summed E-state index contributed by atoms with van der Waals surface area (Å²) in [4.78, 5) is 4.57. The maximum absolute atomic E-state index is 5.98. The number of aryl methyl sites for hydroxylation is 2. The van der Waals surface area contributed by atoms with Gasteiger partial charge in [0, 0.05) is 11.9 Å². The molecule has 0 saturated heterocycles. The van der Waals surface area contributed by atoms with Crippen LogP contribution >= 0.6 is 0 Å². The van der Waals surface area contributed by atoms with E-state index in [0.717, 1.165) is 35.3 Å². The van der Waals surface area contributed by atoms with E-state index < -0.39 is 0 Å². The first-order valence-corrected chi connectivity index (χ1v) is 7.31. The molecule has 4 heteroatoms. The van der Waals surface area contributed by atoms with Gasteiger partial charge in [-0.05, 0) is 42.0 Å². The van der Waals surface area contributed by atoms with E-state index in [1.807, 2.05) is 24.4 Å². The maximum Gasteiger partial charge on any atom is 0.111 e. The van der Waals surface area contributed by atoms with Crippen molar-refractivity contribution in [1.29, 1.82) is 0 Å². The van der Waals surface area contributed by atoms with Crippen LogP contribution in [0.2, 0.25) is 0 Å². The Balaban J connectivity index is 1.81. The number of aromatic amines is 1. The summed E-state index contributed by atoms with van der Waals surface area (Å²) in [5.74, 6) is 0.400. The van der Waals surface area contributed by atoms with E-state index in [4.69, 9.17) is 5.73 Å². The predicted molar refractivity (Wildman–Crippen MR) is 86.2 cm³/mol.